The van der Waals surface area contributed by atoms with Crippen LogP contribution in [0.15, 0.2) is 30.3 Å². The number of nitrogens with one attached hydrogen (secondary N) is 1. The molecule has 1 heterocycles. The van der Waals surface area contributed by atoms with Crippen LogP contribution in [-0.4, -0.2) is 22.3 Å². The number of carbonyl (C=O) groups excluding carboxylic acids is 1. The zero-order chi connectivity index (χ0) is 16.8. The first-order valence-corrected chi connectivity index (χ1v) is 7.96. The Balaban J connectivity index is 1.81. The summed E-state index contributed by atoms with van der Waals surface area (Å²) in [6.07, 6.45) is 0.332. The Labute approximate surface area is 137 Å². The number of anilines is 1. The Morgan fingerprint density at radius 1 is 1.26 bits per heavy atom. The van der Waals surface area contributed by atoms with E-state index in [0.717, 1.165) is 22.6 Å². The fourth-order valence-electron chi connectivity index (χ4n) is 2.48. The molecule has 2 aromatic rings. The second-order valence-corrected chi connectivity index (χ2v) is 5.92. The summed E-state index contributed by atoms with van der Waals surface area (Å²) in [4.78, 5) is 12.1. The zero-order valence-corrected chi connectivity index (χ0v) is 14.3. The van der Waals surface area contributed by atoms with E-state index >= 15 is 0 Å². The predicted molar refractivity (Wildman–Crippen MR) is 91.4 cm³/mol. The number of rotatable bonds is 7. The van der Waals surface area contributed by atoms with Crippen molar-refractivity contribution in [2.75, 3.05) is 11.9 Å². The van der Waals surface area contributed by atoms with Gasteiger partial charge in [0, 0.05) is 6.04 Å². The lowest BCUT2D eigenvalue weighted by molar-refractivity contribution is -0.117. The van der Waals surface area contributed by atoms with Crippen LogP contribution in [0, 0.1) is 13.8 Å². The van der Waals surface area contributed by atoms with Crippen LogP contribution in [0.2, 0.25) is 0 Å². The highest BCUT2D eigenvalue weighted by Crippen LogP contribution is 2.22. The number of hydrogen-bond donors (Lipinski definition) is 1. The van der Waals surface area contributed by atoms with Gasteiger partial charge in [0.15, 0.2) is 0 Å². The van der Waals surface area contributed by atoms with E-state index in [1.165, 1.54) is 0 Å². The lowest BCUT2D eigenvalue weighted by Gasteiger charge is -2.09. The third-order valence-electron chi connectivity index (χ3n) is 3.66. The van der Waals surface area contributed by atoms with E-state index < -0.39 is 0 Å². The van der Waals surface area contributed by atoms with Crippen LogP contribution < -0.4 is 5.32 Å². The van der Waals surface area contributed by atoms with Crippen molar-refractivity contribution in [2.24, 2.45) is 0 Å². The van der Waals surface area contributed by atoms with Gasteiger partial charge in [0.25, 0.3) is 0 Å². The molecule has 0 atom stereocenters. The Hall–Kier alpha value is -2.14. The van der Waals surface area contributed by atoms with Crippen LogP contribution in [0.1, 0.15) is 43.3 Å². The molecule has 0 spiro atoms. The minimum Gasteiger partial charge on any atom is -0.376 e. The average molecular weight is 315 g/mol. The van der Waals surface area contributed by atoms with Crippen LogP contribution in [0.25, 0.3) is 0 Å². The Kier molecular flexibility index (Phi) is 5.93. The fraction of sp³-hybridized carbons (Fsp3) is 0.444. The lowest BCUT2D eigenvalue weighted by atomic mass is 10.2. The molecule has 1 amide bonds. The maximum absolute atomic E-state index is 12.1. The van der Waals surface area contributed by atoms with Crippen LogP contribution in [0.4, 0.5) is 5.69 Å². The van der Waals surface area contributed by atoms with E-state index in [2.05, 4.69) is 24.3 Å². The summed E-state index contributed by atoms with van der Waals surface area (Å²) in [5.74, 6) is -0.0485. The van der Waals surface area contributed by atoms with Gasteiger partial charge in [-0.05, 0) is 33.3 Å². The van der Waals surface area contributed by atoms with E-state index in [1.54, 1.807) is 0 Å². The van der Waals surface area contributed by atoms with Crippen molar-refractivity contribution in [3.63, 3.8) is 0 Å². The number of amides is 1. The van der Waals surface area contributed by atoms with Crippen molar-refractivity contribution in [2.45, 2.75) is 46.8 Å². The highest BCUT2D eigenvalue weighted by Gasteiger charge is 2.15. The third-order valence-corrected chi connectivity index (χ3v) is 3.66. The molecule has 0 aliphatic rings. The molecule has 0 bridgehead atoms. The van der Waals surface area contributed by atoms with E-state index in [1.807, 2.05) is 48.9 Å². The van der Waals surface area contributed by atoms with Gasteiger partial charge < -0.3 is 10.1 Å². The van der Waals surface area contributed by atoms with Gasteiger partial charge in [0.1, 0.15) is 0 Å². The third kappa shape index (κ3) is 4.66. The van der Waals surface area contributed by atoms with E-state index in [9.17, 15) is 4.79 Å². The first-order valence-electron chi connectivity index (χ1n) is 7.96. The molecule has 5 heteroatoms. The largest absolute Gasteiger partial charge is 0.376 e. The van der Waals surface area contributed by atoms with Gasteiger partial charge in [0.2, 0.25) is 5.91 Å². The number of ether oxygens (including phenoxy) is 1. The van der Waals surface area contributed by atoms with Crippen LogP contribution in [0.3, 0.4) is 0 Å². The molecule has 1 aromatic heterocycles. The number of nitrogens with zero attached hydrogens (tertiary/aromatic N) is 2. The van der Waals surface area contributed by atoms with Gasteiger partial charge in [-0.2, -0.15) is 5.10 Å². The summed E-state index contributed by atoms with van der Waals surface area (Å²) < 4.78 is 7.48. The van der Waals surface area contributed by atoms with Gasteiger partial charge in [-0.1, -0.05) is 30.3 Å². The summed E-state index contributed by atoms with van der Waals surface area (Å²) in [6, 6.07) is 10.2. The Bertz CT molecular complexity index is 648. The molecule has 2 rings (SSSR count). The molecule has 0 unspecified atom stereocenters. The highest BCUT2D eigenvalue weighted by atomic mass is 16.5. The summed E-state index contributed by atoms with van der Waals surface area (Å²) in [5.41, 5.74) is 3.75. The zero-order valence-electron chi connectivity index (χ0n) is 14.3. The normalized spacial score (nSPS) is 11.0. The van der Waals surface area contributed by atoms with Gasteiger partial charge in [-0.15, -0.1) is 0 Å². The van der Waals surface area contributed by atoms with Crippen LogP contribution in [0.5, 0.6) is 0 Å². The molecule has 5 nitrogen and oxygen atoms in total. The summed E-state index contributed by atoms with van der Waals surface area (Å²) in [5, 5.41) is 7.42. The molecule has 0 fully saturated rings. The van der Waals surface area contributed by atoms with Gasteiger partial charge in [0.05, 0.1) is 36.7 Å². The molecule has 0 aliphatic carbocycles. The first-order chi connectivity index (χ1) is 11.0. The summed E-state index contributed by atoms with van der Waals surface area (Å²) in [7, 11) is 0. The number of benzene rings is 1. The quantitative estimate of drug-likeness (QED) is 0.794. The highest BCUT2D eigenvalue weighted by molar-refractivity contribution is 5.91. The minimum atomic E-state index is -0.0485. The standard InChI is InChI=1S/C18H25N3O2/c1-13(2)21-15(4)18(14(3)20-21)19-17(22)10-11-23-12-16-8-6-5-7-9-16/h5-9,13H,10-12H2,1-4H3,(H,19,22). The summed E-state index contributed by atoms with van der Waals surface area (Å²) in [6.45, 7) is 8.95. The molecule has 0 saturated carbocycles. The second kappa shape index (κ2) is 7.92. The lowest BCUT2D eigenvalue weighted by Crippen LogP contribution is -2.15. The van der Waals surface area contributed by atoms with Crippen molar-refractivity contribution in [1.82, 2.24) is 9.78 Å². The molecule has 0 radical (unpaired) electrons. The van der Waals surface area contributed by atoms with Crippen molar-refractivity contribution in [3.05, 3.63) is 47.3 Å². The monoisotopic (exact) mass is 315 g/mol. The van der Waals surface area contributed by atoms with E-state index in [-0.39, 0.29) is 11.9 Å². The smallest absolute Gasteiger partial charge is 0.226 e. The molecule has 124 valence electrons. The first kappa shape index (κ1) is 17.2. The van der Waals surface area contributed by atoms with E-state index in [0.29, 0.717) is 19.6 Å². The average Bonchev–Trinajstić information content (AvgIpc) is 2.81. The van der Waals surface area contributed by atoms with Crippen molar-refractivity contribution in [3.8, 4) is 0 Å². The number of hydrogen-bond acceptors (Lipinski definition) is 3. The maximum Gasteiger partial charge on any atom is 0.226 e. The van der Waals surface area contributed by atoms with Gasteiger partial charge in [-0.3, -0.25) is 9.48 Å². The maximum atomic E-state index is 12.1. The fourth-order valence-corrected chi connectivity index (χ4v) is 2.48. The van der Waals surface area contributed by atoms with Crippen molar-refractivity contribution < 1.29 is 9.53 Å². The molecular formula is C18H25N3O2. The molecule has 0 saturated heterocycles. The molecular weight excluding hydrogens is 290 g/mol. The van der Waals surface area contributed by atoms with Crippen LogP contribution >= 0.6 is 0 Å². The van der Waals surface area contributed by atoms with Gasteiger partial charge in [-0.25, -0.2) is 0 Å². The van der Waals surface area contributed by atoms with Crippen molar-refractivity contribution in [1.29, 1.82) is 0 Å². The molecule has 0 aliphatic heterocycles. The molecule has 1 aromatic carbocycles. The number of aryl methyl sites for hydroxylation is 1. The summed E-state index contributed by atoms with van der Waals surface area (Å²) >= 11 is 0. The SMILES string of the molecule is Cc1nn(C(C)C)c(C)c1NC(=O)CCOCc1ccccc1. The Morgan fingerprint density at radius 2 is 1.96 bits per heavy atom. The molecule has 23 heavy (non-hydrogen) atoms. The Morgan fingerprint density at radius 3 is 2.57 bits per heavy atom. The van der Waals surface area contributed by atoms with Crippen molar-refractivity contribution >= 4 is 11.6 Å². The second-order valence-electron chi connectivity index (χ2n) is 5.92. The van der Waals surface area contributed by atoms with Gasteiger partial charge >= 0.3 is 0 Å². The predicted octanol–water partition coefficient (Wildman–Crippen LogP) is 3.63. The number of aromatic nitrogens is 2. The molecule has 1 N–H and O–H groups in total. The minimum absolute atomic E-state index is 0.0485. The van der Waals surface area contributed by atoms with Crippen LogP contribution in [-0.2, 0) is 16.1 Å². The number of carbonyl (C=O) groups is 1. The topological polar surface area (TPSA) is 56.2 Å². The van der Waals surface area contributed by atoms with E-state index in [4.69, 9.17) is 4.74 Å².